The van der Waals surface area contributed by atoms with Crippen LogP contribution in [0.15, 0.2) is 30.5 Å². The summed E-state index contributed by atoms with van der Waals surface area (Å²) in [6, 6.07) is 6.77. The molecule has 1 fully saturated rings. The molecule has 0 radical (unpaired) electrons. The van der Waals surface area contributed by atoms with Gasteiger partial charge in [0, 0.05) is 30.2 Å². The summed E-state index contributed by atoms with van der Waals surface area (Å²) >= 11 is 0. The molecular formula is C16H15N5O2. The first-order valence-electron chi connectivity index (χ1n) is 7.22. The Labute approximate surface area is 132 Å². The number of rotatable bonds is 3. The van der Waals surface area contributed by atoms with Crippen molar-refractivity contribution in [2.45, 2.75) is 6.42 Å². The third-order valence-electron chi connectivity index (χ3n) is 3.96. The van der Waals surface area contributed by atoms with Crippen molar-refractivity contribution in [2.24, 2.45) is 11.7 Å². The number of carbonyl (C=O) groups excluding carboxylic acids is 2. The van der Waals surface area contributed by atoms with E-state index in [-0.39, 0.29) is 11.8 Å². The summed E-state index contributed by atoms with van der Waals surface area (Å²) in [5.41, 5.74) is 5.68. The molecule has 2 amide bonds. The maximum atomic E-state index is 12.2. The van der Waals surface area contributed by atoms with Gasteiger partial charge in [0.15, 0.2) is 6.19 Å². The Hall–Kier alpha value is -3.14. The molecule has 1 saturated heterocycles. The molecule has 1 aromatic heterocycles. The fraction of sp³-hybridized carbons (Fsp3) is 0.250. The molecular weight excluding hydrogens is 294 g/mol. The van der Waals surface area contributed by atoms with Crippen LogP contribution in [-0.4, -0.2) is 34.8 Å². The predicted molar refractivity (Wildman–Crippen MR) is 84.2 cm³/mol. The normalized spacial score (nSPS) is 17.0. The van der Waals surface area contributed by atoms with E-state index >= 15 is 0 Å². The standard InChI is InChI=1S/C16H15N5O2/c17-9-21-4-3-12(8-21)16(23)20-14-6-13-5-10(15(18)22)1-2-11(13)7-19-14/h1-2,5-7,12H,3-4,8H2,(H2,18,22)(H,19,20,23). The number of benzene rings is 1. The Bertz CT molecular complexity index is 827. The number of hydrogen-bond acceptors (Lipinski definition) is 5. The molecule has 23 heavy (non-hydrogen) atoms. The molecule has 0 aliphatic carbocycles. The molecule has 3 N–H and O–H groups in total. The van der Waals surface area contributed by atoms with E-state index in [4.69, 9.17) is 11.0 Å². The molecule has 7 nitrogen and oxygen atoms in total. The van der Waals surface area contributed by atoms with Gasteiger partial charge >= 0.3 is 0 Å². The lowest BCUT2D eigenvalue weighted by atomic mass is 10.1. The topological polar surface area (TPSA) is 112 Å². The van der Waals surface area contributed by atoms with E-state index in [1.54, 1.807) is 35.4 Å². The lowest BCUT2D eigenvalue weighted by molar-refractivity contribution is -0.119. The summed E-state index contributed by atoms with van der Waals surface area (Å²) in [4.78, 5) is 29.2. The first-order valence-corrected chi connectivity index (χ1v) is 7.22. The van der Waals surface area contributed by atoms with Gasteiger partial charge in [0.25, 0.3) is 0 Å². The van der Waals surface area contributed by atoms with Crippen LogP contribution in [-0.2, 0) is 4.79 Å². The van der Waals surface area contributed by atoms with E-state index in [2.05, 4.69) is 10.3 Å². The highest BCUT2D eigenvalue weighted by Crippen LogP contribution is 2.21. The number of carbonyl (C=O) groups is 2. The van der Waals surface area contributed by atoms with Crippen LogP contribution in [0.25, 0.3) is 10.8 Å². The van der Waals surface area contributed by atoms with E-state index in [9.17, 15) is 9.59 Å². The SMILES string of the molecule is N#CN1CCC(C(=O)Nc2cc3cc(C(N)=O)ccc3cn2)C1. The zero-order valence-corrected chi connectivity index (χ0v) is 12.3. The molecule has 116 valence electrons. The number of aromatic nitrogens is 1. The van der Waals surface area contributed by atoms with Gasteiger partial charge < -0.3 is 16.0 Å². The number of pyridine rings is 1. The molecule has 0 bridgehead atoms. The Morgan fingerprint density at radius 2 is 2.17 bits per heavy atom. The van der Waals surface area contributed by atoms with E-state index in [0.717, 1.165) is 10.8 Å². The van der Waals surface area contributed by atoms with Crippen molar-refractivity contribution < 1.29 is 9.59 Å². The van der Waals surface area contributed by atoms with Crippen LogP contribution in [0.3, 0.4) is 0 Å². The van der Waals surface area contributed by atoms with E-state index < -0.39 is 5.91 Å². The number of hydrogen-bond donors (Lipinski definition) is 2. The average molecular weight is 309 g/mol. The van der Waals surface area contributed by atoms with Crippen molar-refractivity contribution >= 4 is 28.4 Å². The Kier molecular flexibility index (Phi) is 3.81. The van der Waals surface area contributed by atoms with E-state index in [1.807, 2.05) is 6.19 Å². The van der Waals surface area contributed by atoms with Crippen molar-refractivity contribution in [3.05, 3.63) is 36.0 Å². The summed E-state index contributed by atoms with van der Waals surface area (Å²) in [5.74, 6) is -0.457. The van der Waals surface area contributed by atoms with Gasteiger partial charge in [-0.15, -0.1) is 0 Å². The van der Waals surface area contributed by atoms with Crippen LogP contribution in [0.1, 0.15) is 16.8 Å². The fourth-order valence-electron chi connectivity index (χ4n) is 2.66. The number of primary amides is 1. The molecule has 1 unspecified atom stereocenters. The summed E-state index contributed by atoms with van der Waals surface area (Å²) in [6.07, 6.45) is 4.33. The largest absolute Gasteiger partial charge is 0.366 e. The minimum Gasteiger partial charge on any atom is -0.366 e. The fourth-order valence-corrected chi connectivity index (χ4v) is 2.66. The average Bonchev–Trinajstić information content (AvgIpc) is 3.03. The van der Waals surface area contributed by atoms with Gasteiger partial charge in [-0.2, -0.15) is 5.26 Å². The zero-order valence-electron chi connectivity index (χ0n) is 12.3. The Morgan fingerprint density at radius 1 is 1.35 bits per heavy atom. The highest BCUT2D eigenvalue weighted by Gasteiger charge is 2.27. The smallest absolute Gasteiger partial charge is 0.248 e. The summed E-state index contributed by atoms with van der Waals surface area (Å²) in [7, 11) is 0. The van der Waals surface area contributed by atoms with Crippen molar-refractivity contribution in [3.63, 3.8) is 0 Å². The molecule has 0 saturated carbocycles. The molecule has 1 aromatic carbocycles. The Morgan fingerprint density at radius 3 is 2.87 bits per heavy atom. The van der Waals surface area contributed by atoms with Gasteiger partial charge in [0.1, 0.15) is 5.82 Å². The highest BCUT2D eigenvalue weighted by molar-refractivity contribution is 5.99. The summed E-state index contributed by atoms with van der Waals surface area (Å²) in [6.45, 7) is 1.03. The molecule has 3 rings (SSSR count). The second-order valence-corrected chi connectivity index (χ2v) is 5.52. The molecule has 1 aliphatic heterocycles. The van der Waals surface area contributed by atoms with E-state index in [0.29, 0.717) is 30.9 Å². The second-order valence-electron chi connectivity index (χ2n) is 5.52. The minimum absolute atomic E-state index is 0.152. The van der Waals surface area contributed by atoms with Crippen molar-refractivity contribution in [1.29, 1.82) is 5.26 Å². The van der Waals surface area contributed by atoms with Gasteiger partial charge in [0.2, 0.25) is 11.8 Å². The number of nitrogens with one attached hydrogen (secondary N) is 1. The van der Waals surface area contributed by atoms with Crippen LogP contribution in [0.2, 0.25) is 0 Å². The van der Waals surface area contributed by atoms with Crippen LogP contribution >= 0.6 is 0 Å². The predicted octanol–water partition coefficient (Wildman–Crippen LogP) is 1.08. The zero-order chi connectivity index (χ0) is 16.4. The third kappa shape index (κ3) is 3.06. The lowest BCUT2D eigenvalue weighted by Gasteiger charge is -2.11. The highest BCUT2D eigenvalue weighted by atomic mass is 16.2. The number of anilines is 1. The quantitative estimate of drug-likeness (QED) is 0.824. The number of nitrogens with zero attached hydrogens (tertiary/aromatic N) is 3. The summed E-state index contributed by atoms with van der Waals surface area (Å²) < 4.78 is 0. The number of nitrogens with two attached hydrogens (primary N) is 1. The molecule has 7 heteroatoms. The van der Waals surface area contributed by atoms with Crippen molar-refractivity contribution in [1.82, 2.24) is 9.88 Å². The molecule has 2 heterocycles. The maximum absolute atomic E-state index is 12.2. The number of nitriles is 1. The van der Waals surface area contributed by atoms with Crippen LogP contribution in [0.4, 0.5) is 5.82 Å². The van der Waals surface area contributed by atoms with Gasteiger partial charge in [-0.25, -0.2) is 4.98 Å². The first kappa shape index (κ1) is 14.8. The Balaban J connectivity index is 1.79. The number of likely N-dealkylation sites (tertiary alicyclic amines) is 1. The van der Waals surface area contributed by atoms with Gasteiger partial charge in [0.05, 0.1) is 5.92 Å². The van der Waals surface area contributed by atoms with Crippen LogP contribution < -0.4 is 11.1 Å². The molecule has 0 spiro atoms. The van der Waals surface area contributed by atoms with Gasteiger partial charge in [-0.05, 0) is 30.0 Å². The molecule has 2 aromatic rings. The monoisotopic (exact) mass is 309 g/mol. The van der Waals surface area contributed by atoms with Gasteiger partial charge in [-0.3, -0.25) is 9.59 Å². The van der Waals surface area contributed by atoms with Crippen molar-refractivity contribution in [3.8, 4) is 6.19 Å². The van der Waals surface area contributed by atoms with Gasteiger partial charge in [-0.1, -0.05) is 6.07 Å². The first-order chi connectivity index (χ1) is 11.1. The molecule has 1 atom stereocenters. The summed E-state index contributed by atoms with van der Waals surface area (Å²) in [5, 5.41) is 13.2. The van der Waals surface area contributed by atoms with E-state index in [1.165, 1.54) is 0 Å². The molecule has 1 aliphatic rings. The third-order valence-corrected chi connectivity index (χ3v) is 3.96. The number of amides is 2. The van der Waals surface area contributed by atoms with Crippen LogP contribution in [0, 0.1) is 17.4 Å². The minimum atomic E-state index is -0.503. The maximum Gasteiger partial charge on any atom is 0.248 e. The lowest BCUT2D eigenvalue weighted by Crippen LogP contribution is -2.25. The second kappa shape index (κ2) is 5.93. The number of fused-ring (bicyclic) bond motifs is 1. The van der Waals surface area contributed by atoms with Crippen LogP contribution in [0.5, 0.6) is 0 Å². The van der Waals surface area contributed by atoms with Crippen molar-refractivity contribution in [2.75, 3.05) is 18.4 Å².